The molecule has 39 heavy (non-hydrogen) atoms. The molecule has 3 N–H and O–H groups in total. The van der Waals surface area contributed by atoms with Crippen molar-refractivity contribution in [2.24, 2.45) is 0 Å². The predicted octanol–water partition coefficient (Wildman–Crippen LogP) is 5.35. The fourth-order valence-electron chi connectivity index (χ4n) is 4.38. The Morgan fingerprint density at radius 3 is 2.13 bits per heavy atom. The maximum absolute atomic E-state index is 13.2. The summed E-state index contributed by atoms with van der Waals surface area (Å²) in [6.07, 6.45) is 0. The molecule has 1 heterocycles. The van der Waals surface area contributed by atoms with Crippen molar-refractivity contribution >= 4 is 57.9 Å². The first-order valence-corrected chi connectivity index (χ1v) is 13.2. The second-order valence-corrected chi connectivity index (χ2v) is 9.65. The molecule has 0 aromatic heterocycles. The van der Waals surface area contributed by atoms with Crippen LogP contribution >= 0.6 is 23.2 Å². The maximum atomic E-state index is 13.2. The number of carbonyl (C=O) groups excluding carboxylic acids is 2. The number of hydrogen-bond acceptors (Lipinski definition) is 6. The molecule has 0 saturated carbocycles. The van der Waals surface area contributed by atoms with E-state index in [1.807, 2.05) is 30.3 Å². The van der Waals surface area contributed by atoms with Gasteiger partial charge in [-0.3, -0.25) is 4.79 Å². The monoisotopic (exact) mass is 571 g/mol. The molecule has 0 unspecified atom stereocenters. The number of amides is 3. The highest BCUT2D eigenvalue weighted by Gasteiger charge is 2.24. The Morgan fingerprint density at radius 2 is 1.46 bits per heavy atom. The second kappa shape index (κ2) is 13.4. The number of benzene rings is 3. The maximum Gasteiger partial charge on any atom is 0.323 e. The Labute approximate surface area is 238 Å². The number of hydrogen-bond donors (Lipinski definition) is 3. The number of carbonyl (C=O) groups is 2. The van der Waals surface area contributed by atoms with Crippen LogP contribution < -0.4 is 30.5 Å². The Hall–Kier alpha value is -3.66. The third-order valence-corrected chi connectivity index (χ3v) is 7.05. The molecule has 1 aliphatic rings. The van der Waals surface area contributed by atoms with Gasteiger partial charge in [-0.2, -0.15) is 0 Å². The van der Waals surface area contributed by atoms with Gasteiger partial charge in [-0.1, -0.05) is 35.3 Å². The molecule has 3 amide bonds. The molecule has 1 saturated heterocycles. The summed E-state index contributed by atoms with van der Waals surface area (Å²) in [6.45, 7) is 3.70. The van der Waals surface area contributed by atoms with Gasteiger partial charge in [0.05, 0.1) is 35.0 Å². The van der Waals surface area contributed by atoms with Crippen molar-refractivity contribution in [1.82, 2.24) is 5.32 Å². The minimum atomic E-state index is -0.475. The summed E-state index contributed by atoms with van der Waals surface area (Å²) in [5.41, 5.74) is 3.26. The lowest BCUT2D eigenvalue weighted by Gasteiger charge is -2.38. The number of nitrogens with one attached hydrogen (secondary N) is 3. The van der Waals surface area contributed by atoms with E-state index < -0.39 is 6.03 Å². The number of para-hydroxylation sites is 2. The van der Waals surface area contributed by atoms with Crippen LogP contribution in [0.2, 0.25) is 10.0 Å². The van der Waals surface area contributed by atoms with E-state index in [4.69, 9.17) is 32.7 Å². The highest BCUT2D eigenvalue weighted by molar-refractivity contribution is 6.42. The van der Waals surface area contributed by atoms with Gasteiger partial charge in [0.1, 0.15) is 5.75 Å². The average molecular weight is 572 g/mol. The number of piperazine rings is 1. The van der Waals surface area contributed by atoms with E-state index in [-0.39, 0.29) is 5.91 Å². The minimum Gasteiger partial charge on any atom is -0.495 e. The van der Waals surface area contributed by atoms with Gasteiger partial charge < -0.3 is 35.2 Å². The third-order valence-electron chi connectivity index (χ3n) is 6.31. The molecule has 3 aromatic rings. The largest absolute Gasteiger partial charge is 0.495 e. The van der Waals surface area contributed by atoms with Crippen molar-refractivity contribution in [2.45, 2.75) is 0 Å². The van der Waals surface area contributed by atoms with Crippen LogP contribution in [0.15, 0.2) is 60.7 Å². The lowest BCUT2D eigenvalue weighted by Crippen LogP contribution is -2.47. The number of methoxy groups -OCH3 is 2. The minimum absolute atomic E-state index is 0.247. The molecule has 0 atom stereocenters. The van der Waals surface area contributed by atoms with Gasteiger partial charge in [0, 0.05) is 56.9 Å². The second-order valence-electron chi connectivity index (χ2n) is 8.83. The zero-order chi connectivity index (χ0) is 27.8. The molecule has 0 aliphatic carbocycles. The molecule has 11 heteroatoms. The first-order valence-electron chi connectivity index (χ1n) is 12.5. The Morgan fingerprint density at radius 1 is 0.821 bits per heavy atom. The third kappa shape index (κ3) is 7.26. The van der Waals surface area contributed by atoms with E-state index in [1.165, 1.54) is 0 Å². The highest BCUT2D eigenvalue weighted by atomic mass is 35.5. The van der Waals surface area contributed by atoms with Crippen molar-refractivity contribution in [1.29, 1.82) is 0 Å². The summed E-state index contributed by atoms with van der Waals surface area (Å²) in [4.78, 5) is 30.3. The molecule has 4 rings (SSSR count). The summed E-state index contributed by atoms with van der Waals surface area (Å²) in [7, 11) is 3.25. The normalized spacial score (nSPS) is 13.1. The lowest BCUT2D eigenvalue weighted by molar-refractivity contribution is 0.0937. The molecule has 9 nitrogen and oxygen atoms in total. The number of ether oxygens (including phenoxy) is 2. The number of nitrogens with zero attached hydrogens (tertiary/aromatic N) is 2. The number of halogens is 2. The van der Waals surface area contributed by atoms with Crippen molar-refractivity contribution in [3.63, 3.8) is 0 Å². The smallest absolute Gasteiger partial charge is 0.323 e. The summed E-state index contributed by atoms with van der Waals surface area (Å²) >= 11 is 12.0. The van der Waals surface area contributed by atoms with Gasteiger partial charge in [0.25, 0.3) is 5.91 Å². The lowest BCUT2D eigenvalue weighted by atomic mass is 10.1. The van der Waals surface area contributed by atoms with Crippen LogP contribution in [0.5, 0.6) is 5.75 Å². The van der Waals surface area contributed by atoms with Gasteiger partial charge in [-0.25, -0.2) is 4.79 Å². The van der Waals surface area contributed by atoms with Crippen molar-refractivity contribution < 1.29 is 19.1 Å². The van der Waals surface area contributed by atoms with E-state index in [9.17, 15) is 9.59 Å². The number of rotatable bonds is 9. The van der Waals surface area contributed by atoms with Crippen molar-refractivity contribution in [3.8, 4) is 5.75 Å². The van der Waals surface area contributed by atoms with Crippen LogP contribution in [0, 0.1) is 0 Å². The predicted molar refractivity (Wildman–Crippen MR) is 157 cm³/mol. The molecule has 0 spiro atoms. The SMILES string of the molecule is COCCNC(=O)c1cc(NC(=O)Nc2ccc(Cl)c(Cl)c2)ccc1N1CCN(c2ccccc2OC)CC1. The standard InChI is InChI=1S/C28H31Cl2N5O4/c1-38-16-11-31-27(36)21-17-19(32-28(37)33-20-7-9-22(29)23(30)18-20)8-10-24(21)34-12-14-35(15-13-34)25-5-3-4-6-26(25)39-2/h3-10,17-18H,11-16H2,1-2H3,(H,31,36)(H2,32,33,37). The molecule has 206 valence electrons. The van der Waals surface area contributed by atoms with Crippen molar-refractivity contribution in [2.75, 3.05) is 74.0 Å². The van der Waals surface area contributed by atoms with Crippen LogP contribution in [0.25, 0.3) is 0 Å². The van der Waals surface area contributed by atoms with Crippen molar-refractivity contribution in [3.05, 3.63) is 76.3 Å². The molecule has 0 radical (unpaired) electrons. The van der Waals surface area contributed by atoms with Gasteiger partial charge in [-0.05, 0) is 48.5 Å². The first-order chi connectivity index (χ1) is 18.9. The Bertz CT molecular complexity index is 1310. The van der Waals surface area contributed by atoms with E-state index in [1.54, 1.807) is 44.6 Å². The Kier molecular flexibility index (Phi) is 9.75. The van der Waals surface area contributed by atoms with E-state index in [0.717, 1.165) is 30.2 Å². The summed E-state index contributed by atoms with van der Waals surface area (Å²) < 4.78 is 10.6. The summed E-state index contributed by atoms with van der Waals surface area (Å²) in [5.74, 6) is 0.585. The number of anilines is 4. The van der Waals surface area contributed by atoms with Crippen LogP contribution in [0.4, 0.5) is 27.5 Å². The quantitative estimate of drug-likeness (QED) is 0.300. The molecular weight excluding hydrogens is 541 g/mol. The topological polar surface area (TPSA) is 95.2 Å². The summed E-state index contributed by atoms with van der Waals surface area (Å²) in [5, 5.41) is 9.12. The fourth-order valence-corrected chi connectivity index (χ4v) is 4.68. The first kappa shape index (κ1) is 28.4. The van der Waals surface area contributed by atoms with Crippen LogP contribution in [0.1, 0.15) is 10.4 Å². The van der Waals surface area contributed by atoms with Crippen LogP contribution in [0.3, 0.4) is 0 Å². The van der Waals surface area contributed by atoms with Gasteiger partial charge >= 0.3 is 6.03 Å². The molecule has 1 fully saturated rings. The molecular formula is C28H31Cl2N5O4. The van der Waals surface area contributed by atoms with Crippen LogP contribution in [-0.2, 0) is 4.74 Å². The fraction of sp³-hybridized carbons (Fsp3) is 0.286. The van der Waals surface area contributed by atoms with E-state index >= 15 is 0 Å². The zero-order valence-electron chi connectivity index (χ0n) is 21.8. The van der Waals surface area contributed by atoms with Gasteiger partial charge in [0.2, 0.25) is 0 Å². The summed E-state index contributed by atoms with van der Waals surface area (Å²) in [6, 6.07) is 17.6. The molecule has 1 aliphatic heterocycles. The molecule has 3 aromatic carbocycles. The average Bonchev–Trinajstić information content (AvgIpc) is 2.95. The van der Waals surface area contributed by atoms with Gasteiger partial charge in [-0.15, -0.1) is 0 Å². The van der Waals surface area contributed by atoms with E-state index in [2.05, 4.69) is 25.8 Å². The van der Waals surface area contributed by atoms with Gasteiger partial charge in [0.15, 0.2) is 0 Å². The zero-order valence-corrected chi connectivity index (χ0v) is 23.3. The van der Waals surface area contributed by atoms with E-state index in [0.29, 0.717) is 53.2 Å². The van der Waals surface area contributed by atoms with Crippen LogP contribution in [-0.4, -0.2) is 65.5 Å². The molecule has 0 bridgehead atoms. The number of urea groups is 1. The Balaban J connectivity index is 1.50. The highest BCUT2D eigenvalue weighted by Crippen LogP contribution is 2.31.